The van der Waals surface area contributed by atoms with Crippen LogP contribution in [-0.2, 0) is 4.79 Å². The maximum absolute atomic E-state index is 9.96. The average Bonchev–Trinajstić information content (AvgIpc) is 1.96. The van der Waals surface area contributed by atoms with Crippen molar-refractivity contribution in [3.63, 3.8) is 0 Å². The lowest BCUT2D eigenvalue weighted by molar-refractivity contribution is -0.103. The maximum atomic E-state index is 9.96. The van der Waals surface area contributed by atoms with Crippen LogP contribution in [0.15, 0.2) is 0 Å². The van der Waals surface area contributed by atoms with Gasteiger partial charge in [-0.1, -0.05) is 26.7 Å². The Balaban J connectivity index is 4.11. The van der Waals surface area contributed by atoms with Crippen LogP contribution in [-0.4, -0.2) is 29.3 Å². The van der Waals surface area contributed by atoms with E-state index in [4.69, 9.17) is 0 Å². The molecule has 76 valence electrons. The van der Waals surface area contributed by atoms with Gasteiger partial charge in [-0.2, -0.15) is 0 Å². The molecule has 0 aliphatic heterocycles. The first kappa shape index (κ1) is 12.6. The van der Waals surface area contributed by atoms with E-state index in [2.05, 4.69) is 45.1 Å². The van der Waals surface area contributed by atoms with Crippen LogP contribution in [0.25, 0.3) is 0 Å². The first-order valence-electron chi connectivity index (χ1n) is 4.44. The molecular weight excluding hydrogens is 180 g/mol. The van der Waals surface area contributed by atoms with E-state index < -0.39 is 10.0 Å². The third-order valence-electron chi connectivity index (χ3n) is 2.56. The molecule has 0 spiro atoms. The van der Waals surface area contributed by atoms with Crippen molar-refractivity contribution in [2.75, 3.05) is 18.3 Å². The van der Waals surface area contributed by atoms with Crippen LogP contribution in [0.2, 0.25) is 0 Å². The Morgan fingerprint density at radius 1 is 1.31 bits per heavy atom. The number of carbonyl (C=O) groups excluding carboxylic acids is 1. The normalized spacial score (nSPS) is 13.0. The summed E-state index contributed by atoms with van der Waals surface area (Å²) in [5.41, 5.74) is 0. The minimum absolute atomic E-state index is 0.371. The zero-order valence-corrected chi connectivity index (χ0v) is 10.1. The van der Waals surface area contributed by atoms with Crippen molar-refractivity contribution >= 4 is 16.3 Å². The topological polar surface area (TPSA) is 17.1 Å². The molecule has 0 atom stereocenters. The predicted molar refractivity (Wildman–Crippen MR) is 62.5 cm³/mol. The summed E-state index contributed by atoms with van der Waals surface area (Å²) >= 11 is 0. The molecule has 0 radical (unpaired) electrons. The fourth-order valence-electron chi connectivity index (χ4n) is 0.726. The number of hydrogen-bond donors (Lipinski definition) is 0. The molecule has 0 N–H and O–H groups in total. The highest BCUT2D eigenvalue weighted by atomic mass is 32.3. The van der Waals surface area contributed by atoms with Crippen LogP contribution in [0.3, 0.4) is 0 Å². The minimum Gasteiger partial charge on any atom is -0.289 e. The average molecular weight is 200 g/mol. The summed E-state index contributed by atoms with van der Waals surface area (Å²) in [6.07, 6.45) is 6.17. The molecule has 1 nitrogen and oxygen atoms in total. The first-order valence-corrected chi connectivity index (χ1v) is 7.06. The second kappa shape index (κ2) is 4.72. The van der Waals surface area contributed by atoms with Gasteiger partial charge in [0, 0.05) is 6.42 Å². The van der Waals surface area contributed by atoms with Gasteiger partial charge in [-0.25, -0.2) is 10.0 Å². The molecule has 0 aromatic rings. The highest BCUT2D eigenvalue weighted by molar-refractivity contribution is 8.33. The van der Waals surface area contributed by atoms with E-state index in [1.54, 1.807) is 0 Å². The molecule has 0 aliphatic rings. The molecule has 0 saturated carbocycles. The van der Waals surface area contributed by atoms with E-state index >= 15 is 0 Å². The summed E-state index contributed by atoms with van der Waals surface area (Å²) in [5, 5.41) is 0. The number of rotatable bonds is 2. The van der Waals surface area contributed by atoms with E-state index in [0.29, 0.717) is 11.0 Å². The van der Waals surface area contributed by atoms with Crippen LogP contribution in [0, 0.1) is 11.8 Å². The van der Waals surface area contributed by atoms with Crippen LogP contribution in [0.5, 0.6) is 0 Å². The second-order valence-electron chi connectivity index (χ2n) is 4.54. The molecule has 0 saturated heterocycles. The fourth-order valence-corrected chi connectivity index (χ4v) is 1.95. The Hall–Kier alpha value is -0.420. The van der Waals surface area contributed by atoms with E-state index in [9.17, 15) is 4.79 Å². The summed E-state index contributed by atoms with van der Waals surface area (Å²) < 4.78 is 0.371. The van der Waals surface area contributed by atoms with Crippen LogP contribution in [0.1, 0.15) is 27.2 Å². The lowest BCUT2D eigenvalue weighted by Gasteiger charge is -2.44. The first-order chi connectivity index (χ1) is 5.81. The van der Waals surface area contributed by atoms with E-state index in [0.717, 1.165) is 12.2 Å². The Kier molecular flexibility index (Phi) is 4.56. The summed E-state index contributed by atoms with van der Waals surface area (Å²) in [6.45, 7) is 6.82. The van der Waals surface area contributed by atoms with Crippen molar-refractivity contribution in [3.05, 3.63) is 0 Å². The molecule has 0 aromatic heterocycles. The Bertz CT molecular complexity index is 225. The molecule has 0 rings (SSSR count). The standard InChI is InChI=1S/C11H20OS/c1-11(2,3)13(4,5)10-8-6-7-9-12/h9H,8,10H2,1-5H3. The maximum Gasteiger partial charge on any atom is 0.192 e. The predicted octanol–water partition coefficient (Wildman–Crippen LogP) is 2.44. The molecule has 0 heterocycles. The molecule has 0 aliphatic carbocycles. The van der Waals surface area contributed by atoms with Crippen molar-refractivity contribution in [2.45, 2.75) is 31.9 Å². The SMILES string of the molecule is CC(C)(C)S(C)(C)CCC#CC=O. The fraction of sp³-hybridized carbons (Fsp3) is 0.727. The van der Waals surface area contributed by atoms with E-state index in [1.807, 2.05) is 0 Å². The molecule has 0 bridgehead atoms. The van der Waals surface area contributed by atoms with Crippen LogP contribution in [0.4, 0.5) is 0 Å². The third kappa shape index (κ3) is 4.38. The molecular formula is C11H20OS. The molecule has 0 aromatic carbocycles. The largest absolute Gasteiger partial charge is 0.289 e. The smallest absolute Gasteiger partial charge is 0.192 e. The Morgan fingerprint density at radius 2 is 1.85 bits per heavy atom. The van der Waals surface area contributed by atoms with Gasteiger partial charge in [0.1, 0.15) is 0 Å². The van der Waals surface area contributed by atoms with Crippen molar-refractivity contribution < 1.29 is 4.79 Å². The molecule has 0 unspecified atom stereocenters. The van der Waals surface area contributed by atoms with E-state index in [-0.39, 0.29) is 0 Å². The molecule has 0 amide bonds. The summed E-state index contributed by atoms with van der Waals surface area (Å²) in [5.74, 6) is 6.44. The molecule has 2 heteroatoms. The zero-order chi connectivity index (χ0) is 10.5. The molecule has 0 fully saturated rings. The Morgan fingerprint density at radius 3 is 2.23 bits per heavy atom. The van der Waals surface area contributed by atoms with Gasteiger partial charge < -0.3 is 0 Å². The highest BCUT2D eigenvalue weighted by Gasteiger charge is 2.26. The minimum atomic E-state index is -0.597. The summed E-state index contributed by atoms with van der Waals surface area (Å²) in [6, 6.07) is 0. The Labute approximate surface area is 83.6 Å². The van der Waals surface area contributed by atoms with Gasteiger partial charge >= 0.3 is 0 Å². The lowest BCUT2D eigenvalue weighted by Crippen LogP contribution is -2.25. The lowest BCUT2D eigenvalue weighted by atomic mass is 10.3. The van der Waals surface area contributed by atoms with Crippen molar-refractivity contribution in [3.8, 4) is 11.8 Å². The van der Waals surface area contributed by atoms with Crippen molar-refractivity contribution in [1.29, 1.82) is 0 Å². The monoisotopic (exact) mass is 200 g/mol. The van der Waals surface area contributed by atoms with Crippen molar-refractivity contribution in [2.24, 2.45) is 0 Å². The van der Waals surface area contributed by atoms with Gasteiger partial charge in [0.05, 0.1) is 0 Å². The van der Waals surface area contributed by atoms with Crippen LogP contribution >= 0.6 is 10.0 Å². The van der Waals surface area contributed by atoms with Gasteiger partial charge in [0.25, 0.3) is 0 Å². The number of aldehydes is 1. The second-order valence-corrected chi connectivity index (χ2v) is 9.25. The van der Waals surface area contributed by atoms with Crippen LogP contribution < -0.4 is 0 Å². The highest BCUT2D eigenvalue weighted by Crippen LogP contribution is 2.52. The van der Waals surface area contributed by atoms with E-state index in [1.165, 1.54) is 0 Å². The number of carbonyl (C=O) groups is 1. The van der Waals surface area contributed by atoms with Crippen molar-refractivity contribution in [1.82, 2.24) is 0 Å². The van der Waals surface area contributed by atoms with Gasteiger partial charge in [0.15, 0.2) is 6.29 Å². The summed E-state index contributed by atoms with van der Waals surface area (Å²) in [4.78, 5) is 9.96. The van der Waals surface area contributed by atoms with Gasteiger partial charge in [-0.05, 0) is 28.9 Å². The van der Waals surface area contributed by atoms with Gasteiger partial charge in [-0.3, -0.25) is 4.79 Å². The summed E-state index contributed by atoms with van der Waals surface area (Å²) in [7, 11) is -0.597. The third-order valence-corrected chi connectivity index (χ3v) is 7.10. The van der Waals surface area contributed by atoms with Gasteiger partial charge in [-0.15, -0.1) is 0 Å². The number of hydrogen-bond acceptors (Lipinski definition) is 1. The zero-order valence-electron chi connectivity index (χ0n) is 9.31. The van der Waals surface area contributed by atoms with Gasteiger partial charge in [0.2, 0.25) is 0 Å². The molecule has 13 heavy (non-hydrogen) atoms. The quantitative estimate of drug-likeness (QED) is 0.494.